The number of hydrogen-bond acceptors (Lipinski definition) is 6. The van der Waals surface area contributed by atoms with Gasteiger partial charge in [-0.3, -0.25) is 24.6 Å². The van der Waals surface area contributed by atoms with Gasteiger partial charge in [-0.15, -0.1) is 0 Å². The Balaban J connectivity index is 1.30. The number of nitrogens with zero attached hydrogens (tertiary/aromatic N) is 2. The average Bonchev–Trinajstić information content (AvgIpc) is 3.25. The predicted octanol–water partition coefficient (Wildman–Crippen LogP) is 1.77. The molecular formula is C23H22N4O6. The standard InChI is InChI=1S/C23H22N4O6/c28-19-10-11-22(31)27(25-19)17-8-6-15(7-9-17)23(32)33-14-20(29)24-16-3-1-4-18(13-16)26-12-2-5-21(26)30/h1,3-4,6-9,13H,2,5,10-12,14H2,(H,24,29)(H,25,28). The fourth-order valence-electron chi connectivity index (χ4n) is 3.61. The van der Waals surface area contributed by atoms with Gasteiger partial charge in [0, 0.05) is 37.2 Å². The Bertz CT molecular complexity index is 1110. The summed E-state index contributed by atoms with van der Waals surface area (Å²) in [5.74, 6) is -1.69. The summed E-state index contributed by atoms with van der Waals surface area (Å²) >= 11 is 0. The fourth-order valence-corrected chi connectivity index (χ4v) is 3.61. The summed E-state index contributed by atoms with van der Waals surface area (Å²) in [5, 5.41) is 3.79. The van der Waals surface area contributed by atoms with E-state index >= 15 is 0 Å². The molecule has 2 N–H and O–H groups in total. The summed E-state index contributed by atoms with van der Waals surface area (Å²) in [6, 6.07) is 12.8. The highest BCUT2D eigenvalue weighted by Gasteiger charge is 2.25. The summed E-state index contributed by atoms with van der Waals surface area (Å²) < 4.78 is 5.07. The molecule has 0 saturated carbocycles. The van der Waals surface area contributed by atoms with Crippen molar-refractivity contribution in [3.8, 4) is 0 Å². The minimum atomic E-state index is -0.706. The highest BCUT2D eigenvalue weighted by atomic mass is 16.5. The molecule has 2 aliphatic rings. The van der Waals surface area contributed by atoms with Gasteiger partial charge in [0.1, 0.15) is 0 Å². The van der Waals surface area contributed by atoms with Crippen LogP contribution in [0, 0.1) is 0 Å². The third-order valence-corrected chi connectivity index (χ3v) is 5.26. The summed E-state index contributed by atoms with van der Waals surface area (Å²) in [4.78, 5) is 61.5. The molecule has 0 unspecified atom stereocenters. The van der Waals surface area contributed by atoms with Gasteiger partial charge in [-0.1, -0.05) is 6.07 Å². The van der Waals surface area contributed by atoms with Crippen molar-refractivity contribution >= 4 is 46.7 Å². The Morgan fingerprint density at radius 2 is 1.73 bits per heavy atom. The van der Waals surface area contributed by atoms with Gasteiger partial charge < -0.3 is 15.0 Å². The van der Waals surface area contributed by atoms with Crippen LogP contribution in [0.15, 0.2) is 48.5 Å². The summed E-state index contributed by atoms with van der Waals surface area (Å²) in [6.45, 7) is 0.152. The second-order valence-corrected chi connectivity index (χ2v) is 7.63. The van der Waals surface area contributed by atoms with Gasteiger partial charge in [0.25, 0.3) is 5.91 Å². The van der Waals surface area contributed by atoms with Crippen LogP contribution in [0.2, 0.25) is 0 Å². The van der Waals surface area contributed by atoms with Crippen LogP contribution in [-0.2, 0) is 23.9 Å². The molecule has 10 heteroatoms. The highest BCUT2D eigenvalue weighted by molar-refractivity contribution is 6.02. The van der Waals surface area contributed by atoms with Crippen molar-refractivity contribution in [2.45, 2.75) is 25.7 Å². The first kappa shape index (κ1) is 22.0. The maximum absolute atomic E-state index is 12.3. The molecule has 2 fully saturated rings. The van der Waals surface area contributed by atoms with E-state index in [1.54, 1.807) is 29.2 Å². The van der Waals surface area contributed by atoms with Gasteiger partial charge in [0.2, 0.25) is 17.7 Å². The van der Waals surface area contributed by atoms with Gasteiger partial charge in [-0.2, -0.15) is 0 Å². The number of nitrogens with one attached hydrogen (secondary N) is 2. The molecule has 10 nitrogen and oxygen atoms in total. The Morgan fingerprint density at radius 3 is 2.45 bits per heavy atom. The molecule has 4 amide bonds. The minimum absolute atomic E-state index is 0.0467. The van der Waals surface area contributed by atoms with Crippen LogP contribution in [0.1, 0.15) is 36.0 Å². The van der Waals surface area contributed by atoms with E-state index in [4.69, 9.17) is 4.74 Å². The van der Waals surface area contributed by atoms with Crippen LogP contribution < -0.4 is 20.7 Å². The normalized spacial score (nSPS) is 15.9. The fraction of sp³-hybridized carbons (Fsp3) is 0.261. The monoisotopic (exact) mass is 450 g/mol. The number of ether oxygens (including phenoxy) is 1. The maximum Gasteiger partial charge on any atom is 0.338 e. The second kappa shape index (κ2) is 9.51. The van der Waals surface area contributed by atoms with Gasteiger partial charge in [0.05, 0.1) is 11.3 Å². The lowest BCUT2D eigenvalue weighted by atomic mass is 10.2. The molecule has 4 rings (SSSR count). The summed E-state index contributed by atoms with van der Waals surface area (Å²) in [5.41, 5.74) is 4.28. The van der Waals surface area contributed by atoms with E-state index in [0.717, 1.165) is 11.4 Å². The van der Waals surface area contributed by atoms with Crippen molar-refractivity contribution in [1.29, 1.82) is 0 Å². The van der Waals surface area contributed by atoms with Crippen molar-refractivity contribution < 1.29 is 28.7 Å². The number of hydrazine groups is 1. The molecule has 0 bridgehead atoms. The topological polar surface area (TPSA) is 125 Å². The molecule has 0 aromatic heterocycles. The number of hydrogen-bond donors (Lipinski definition) is 2. The van der Waals surface area contributed by atoms with Crippen LogP contribution in [0.5, 0.6) is 0 Å². The first-order chi connectivity index (χ1) is 15.9. The molecule has 0 spiro atoms. The van der Waals surface area contributed by atoms with E-state index in [-0.39, 0.29) is 36.1 Å². The SMILES string of the molecule is O=C(COC(=O)c1ccc(N2NC(=O)CCC2=O)cc1)Nc1cccc(N2CCCC2=O)c1. The molecule has 2 aliphatic heterocycles. The lowest BCUT2D eigenvalue weighted by molar-refractivity contribution is -0.130. The number of esters is 1. The molecular weight excluding hydrogens is 428 g/mol. The van der Waals surface area contributed by atoms with Crippen molar-refractivity contribution in [2.75, 3.05) is 28.4 Å². The van der Waals surface area contributed by atoms with E-state index in [9.17, 15) is 24.0 Å². The largest absolute Gasteiger partial charge is 0.452 e. The zero-order valence-corrected chi connectivity index (χ0v) is 17.7. The molecule has 0 atom stereocenters. The van der Waals surface area contributed by atoms with Gasteiger partial charge >= 0.3 is 5.97 Å². The molecule has 2 saturated heterocycles. The third kappa shape index (κ3) is 5.17. The van der Waals surface area contributed by atoms with Crippen molar-refractivity contribution in [1.82, 2.24) is 5.43 Å². The Morgan fingerprint density at radius 1 is 0.939 bits per heavy atom. The van der Waals surface area contributed by atoms with Gasteiger partial charge in [-0.05, 0) is 48.9 Å². The predicted molar refractivity (Wildman–Crippen MR) is 118 cm³/mol. The maximum atomic E-state index is 12.3. The van der Waals surface area contributed by atoms with E-state index in [0.29, 0.717) is 30.0 Å². The molecule has 2 aromatic carbocycles. The van der Waals surface area contributed by atoms with Crippen LogP contribution in [0.4, 0.5) is 17.1 Å². The van der Waals surface area contributed by atoms with Crippen LogP contribution in [0.3, 0.4) is 0 Å². The summed E-state index contributed by atoms with van der Waals surface area (Å²) in [6.07, 6.45) is 1.57. The van der Waals surface area contributed by atoms with E-state index in [1.165, 1.54) is 24.3 Å². The molecule has 170 valence electrons. The lowest BCUT2D eigenvalue weighted by Gasteiger charge is -2.27. The molecule has 0 aliphatic carbocycles. The van der Waals surface area contributed by atoms with E-state index in [2.05, 4.69) is 10.7 Å². The second-order valence-electron chi connectivity index (χ2n) is 7.63. The Hall–Kier alpha value is -4.21. The van der Waals surface area contributed by atoms with Gasteiger partial charge in [0.15, 0.2) is 6.61 Å². The zero-order valence-electron chi connectivity index (χ0n) is 17.7. The minimum Gasteiger partial charge on any atom is -0.452 e. The Labute approximate surface area is 189 Å². The number of amides is 4. The molecule has 33 heavy (non-hydrogen) atoms. The van der Waals surface area contributed by atoms with E-state index < -0.39 is 18.5 Å². The summed E-state index contributed by atoms with van der Waals surface area (Å²) in [7, 11) is 0. The van der Waals surface area contributed by atoms with Gasteiger partial charge in [-0.25, -0.2) is 9.80 Å². The number of carbonyl (C=O) groups excluding carboxylic acids is 5. The van der Waals surface area contributed by atoms with E-state index in [1.807, 2.05) is 0 Å². The van der Waals surface area contributed by atoms with Crippen molar-refractivity contribution in [2.24, 2.45) is 0 Å². The van der Waals surface area contributed by atoms with Crippen LogP contribution >= 0.6 is 0 Å². The lowest BCUT2D eigenvalue weighted by Crippen LogP contribution is -2.50. The smallest absolute Gasteiger partial charge is 0.338 e. The average molecular weight is 450 g/mol. The number of carbonyl (C=O) groups is 5. The highest BCUT2D eigenvalue weighted by Crippen LogP contribution is 2.24. The van der Waals surface area contributed by atoms with Crippen molar-refractivity contribution in [3.05, 3.63) is 54.1 Å². The third-order valence-electron chi connectivity index (χ3n) is 5.26. The molecule has 0 radical (unpaired) electrons. The quantitative estimate of drug-likeness (QED) is 0.646. The Kier molecular flexibility index (Phi) is 6.34. The molecule has 2 heterocycles. The number of anilines is 3. The molecule has 2 aromatic rings. The first-order valence-corrected chi connectivity index (χ1v) is 10.5. The van der Waals surface area contributed by atoms with Crippen LogP contribution in [0.25, 0.3) is 0 Å². The van der Waals surface area contributed by atoms with Crippen LogP contribution in [-0.4, -0.2) is 42.7 Å². The number of benzene rings is 2. The zero-order chi connectivity index (χ0) is 23.4. The number of rotatable bonds is 6. The first-order valence-electron chi connectivity index (χ1n) is 10.5. The van der Waals surface area contributed by atoms with Crippen molar-refractivity contribution in [3.63, 3.8) is 0 Å².